The van der Waals surface area contributed by atoms with E-state index in [1.165, 1.54) is 44.5 Å². The van der Waals surface area contributed by atoms with Crippen LogP contribution in [0.3, 0.4) is 0 Å². The number of benzene rings is 4. The summed E-state index contributed by atoms with van der Waals surface area (Å²) in [6, 6.07) is 34.3. The average molecular weight is 465 g/mol. The number of hydrogen-bond acceptors (Lipinski definition) is 2. The third-order valence-corrected chi connectivity index (χ3v) is 10.2. The molecule has 4 bridgehead atoms. The summed E-state index contributed by atoms with van der Waals surface area (Å²) >= 11 is 0. The van der Waals surface area contributed by atoms with Gasteiger partial charge in [0, 0.05) is 47.3 Å². The monoisotopic (exact) mass is 464 g/mol. The molecule has 4 atom stereocenters. The lowest BCUT2D eigenvalue weighted by Gasteiger charge is -2.59. The molecule has 0 saturated heterocycles. The Morgan fingerprint density at radius 3 is 0.639 bits per heavy atom. The molecule has 4 aromatic carbocycles. The van der Waals surface area contributed by atoms with E-state index in [1.807, 2.05) is 0 Å². The van der Waals surface area contributed by atoms with E-state index in [2.05, 4.69) is 97.1 Å². The molecule has 0 amide bonds. The van der Waals surface area contributed by atoms with Gasteiger partial charge in [-0.1, -0.05) is 97.1 Å². The molecule has 4 unspecified atom stereocenters. The van der Waals surface area contributed by atoms with Gasteiger partial charge in [-0.3, -0.25) is 9.59 Å². The van der Waals surface area contributed by atoms with E-state index >= 15 is 0 Å². The van der Waals surface area contributed by atoms with Gasteiger partial charge in [-0.05, 0) is 44.5 Å². The smallest absolute Gasteiger partial charge is 0.142 e. The molecule has 7 aliphatic carbocycles. The summed E-state index contributed by atoms with van der Waals surface area (Å²) in [5.74, 6) is -0.568. The molecule has 1 saturated carbocycles. The maximum atomic E-state index is 14.8. The van der Waals surface area contributed by atoms with Gasteiger partial charge in [-0.15, -0.1) is 0 Å². The molecular weight excluding hydrogens is 440 g/mol. The van der Waals surface area contributed by atoms with Crippen molar-refractivity contribution < 1.29 is 9.59 Å². The maximum Gasteiger partial charge on any atom is 0.142 e. The summed E-state index contributed by atoms with van der Waals surface area (Å²) in [5, 5.41) is 0. The Kier molecular flexibility index (Phi) is 3.51. The fourth-order valence-corrected chi connectivity index (χ4v) is 9.17. The fourth-order valence-electron chi connectivity index (χ4n) is 9.17. The van der Waals surface area contributed by atoms with Crippen LogP contribution in [0.5, 0.6) is 0 Å². The molecule has 2 nitrogen and oxygen atoms in total. The Hall–Kier alpha value is -3.78. The third-order valence-electron chi connectivity index (χ3n) is 10.2. The van der Waals surface area contributed by atoms with Crippen LogP contribution < -0.4 is 0 Å². The summed E-state index contributed by atoms with van der Waals surface area (Å²) in [6.45, 7) is 0. The molecule has 0 heterocycles. The van der Waals surface area contributed by atoms with Gasteiger partial charge in [0.05, 0.1) is 0 Å². The molecule has 1 fully saturated rings. The minimum Gasteiger partial charge on any atom is -0.299 e. The molecule has 11 rings (SSSR count). The minimum atomic E-state index is -0.271. The van der Waals surface area contributed by atoms with Crippen LogP contribution in [0.2, 0.25) is 0 Å². The van der Waals surface area contributed by atoms with Crippen molar-refractivity contribution in [3.05, 3.63) is 142 Å². The van der Waals surface area contributed by atoms with E-state index in [0.29, 0.717) is 11.6 Å². The Morgan fingerprint density at radius 2 is 0.472 bits per heavy atom. The normalized spacial score (nSPS) is 33.7. The van der Waals surface area contributed by atoms with Crippen molar-refractivity contribution in [3.8, 4) is 0 Å². The Labute approximate surface area is 210 Å². The lowest BCUT2D eigenvalue weighted by atomic mass is 9.42. The SMILES string of the molecule is O=C1C2C3c4ccccc4C(c4ccccc43)C2C(=O)C2C3c4ccccc4C(c4ccccc43)C12. The van der Waals surface area contributed by atoms with Crippen LogP contribution in [0.4, 0.5) is 0 Å². The molecule has 36 heavy (non-hydrogen) atoms. The van der Waals surface area contributed by atoms with Gasteiger partial charge in [0.2, 0.25) is 0 Å². The van der Waals surface area contributed by atoms with Gasteiger partial charge in [0.25, 0.3) is 0 Å². The van der Waals surface area contributed by atoms with Crippen molar-refractivity contribution in [1.82, 2.24) is 0 Å². The number of hydrogen-bond donors (Lipinski definition) is 0. The number of carbonyl (C=O) groups excluding carboxylic acids is 2. The van der Waals surface area contributed by atoms with Gasteiger partial charge in [-0.25, -0.2) is 0 Å². The molecule has 0 aliphatic heterocycles. The van der Waals surface area contributed by atoms with Crippen LogP contribution in [0.1, 0.15) is 68.2 Å². The van der Waals surface area contributed by atoms with Crippen LogP contribution in [0.15, 0.2) is 97.1 Å². The minimum absolute atomic E-state index is 0.0317. The quantitative estimate of drug-likeness (QED) is 0.311. The molecule has 2 heteroatoms. The topological polar surface area (TPSA) is 34.1 Å². The van der Waals surface area contributed by atoms with Crippen molar-refractivity contribution in [1.29, 1.82) is 0 Å². The largest absolute Gasteiger partial charge is 0.299 e. The second-order valence-corrected chi connectivity index (χ2v) is 11.3. The zero-order valence-corrected chi connectivity index (χ0v) is 19.7. The second-order valence-electron chi connectivity index (χ2n) is 11.3. The standard InChI is InChI=1S/C34H24O2/c35-33-29-25-17-9-1-2-10-18(17)26(20-12-4-3-11-19(20)25)30(29)34(36)32-28-23-15-7-5-13-21(23)27(31(32)33)22-14-6-8-16-24(22)28/h1-16,25-32H. The molecule has 0 radical (unpaired) electrons. The second kappa shape index (κ2) is 6.50. The number of carbonyl (C=O) groups is 2. The molecule has 0 N–H and O–H groups in total. The van der Waals surface area contributed by atoms with E-state index in [0.717, 1.165) is 0 Å². The van der Waals surface area contributed by atoms with Crippen LogP contribution in [0.25, 0.3) is 0 Å². The fraction of sp³-hybridized carbons (Fsp3) is 0.235. The highest BCUT2D eigenvalue weighted by Gasteiger charge is 2.66. The highest BCUT2D eigenvalue weighted by Crippen LogP contribution is 2.67. The Balaban J connectivity index is 1.32. The van der Waals surface area contributed by atoms with Crippen molar-refractivity contribution >= 4 is 11.6 Å². The first-order valence-electron chi connectivity index (χ1n) is 13.2. The molecule has 0 spiro atoms. The number of ketones is 2. The first-order valence-corrected chi connectivity index (χ1v) is 13.2. The first kappa shape index (κ1) is 19.4. The van der Waals surface area contributed by atoms with E-state index in [1.54, 1.807) is 0 Å². The predicted molar refractivity (Wildman–Crippen MR) is 137 cm³/mol. The lowest BCUT2D eigenvalue weighted by Crippen LogP contribution is -2.60. The summed E-state index contributed by atoms with van der Waals surface area (Å²) in [5.41, 5.74) is 10.0. The zero-order chi connectivity index (χ0) is 23.7. The molecule has 172 valence electrons. The third kappa shape index (κ3) is 2.05. The first-order chi connectivity index (χ1) is 17.8. The zero-order valence-electron chi connectivity index (χ0n) is 19.7. The Morgan fingerprint density at radius 1 is 0.306 bits per heavy atom. The number of rotatable bonds is 0. The van der Waals surface area contributed by atoms with Gasteiger partial charge in [0.1, 0.15) is 11.6 Å². The van der Waals surface area contributed by atoms with Crippen LogP contribution in [-0.4, -0.2) is 11.6 Å². The van der Waals surface area contributed by atoms with Gasteiger partial charge < -0.3 is 0 Å². The van der Waals surface area contributed by atoms with Crippen molar-refractivity contribution in [2.24, 2.45) is 23.7 Å². The lowest BCUT2D eigenvalue weighted by molar-refractivity contribution is -0.152. The van der Waals surface area contributed by atoms with Crippen molar-refractivity contribution in [3.63, 3.8) is 0 Å². The average Bonchev–Trinajstić information content (AvgIpc) is 2.95. The van der Waals surface area contributed by atoms with Crippen LogP contribution >= 0.6 is 0 Å². The number of Topliss-reactive ketones (excluding diaryl/α,β-unsaturated/α-hetero) is 2. The van der Waals surface area contributed by atoms with Gasteiger partial charge in [-0.2, -0.15) is 0 Å². The molecular formula is C34H24O2. The van der Waals surface area contributed by atoms with Gasteiger partial charge >= 0.3 is 0 Å². The summed E-state index contributed by atoms with van der Waals surface area (Å²) < 4.78 is 0. The summed E-state index contributed by atoms with van der Waals surface area (Å²) in [4.78, 5) is 29.6. The Bertz CT molecular complexity index is 1310. The predicted octanol–water partition coefficient (Wildman–Crippen LogP) is 6.19. The van der Waals surface area contributed by atoms with Crippen molar-refractivity contribution in [2.45, 2.75) is 23.7 Å². The van der Waals surface area contributed by atoms with Crippen LogP contribution in [-0.2, 0) is 9.59 Å². The van der Waals surface area contributed by atoms with Gasteiger partial charge in [0.15, 0.2) is 0 Å². The summed E-state index contributed by atoms with van der Waals surface area (Å²) in [6.07, 6.45) is 0. The summed E-state index contributed by atoms with van der Waals surface area (Å²) in [7, 11) is 0. The molecule has 7 aliphatic rings. The van der Waals surface area contributed by atoms with Crippen molar-refractivity contribution in [2.75, 3.05) is 0 Å². The van der Waals surface area contributed by atoms with E-state index in [-0.39, 0.29) is 47.3 Å². The van der Waals surface area contributed by atoms with E-state index in [9.17, 15) is 9.59 Å². The molecule has 4 aromatic rings. The highest BCUT2D eigenvalue weighted by atomic mass is 16.1. The van der Waals surface area contributed by atoms with E-state index < -0.39 is 0 Å². The van der Waals surface area contributed by atoms with E-state index in [4.69, 9.17) is 0 Å². The maximum absolute atomic E-state index is 14.8. The highest BCUT2D eigenvalue weighted by molar-refractivity contribution is 6.05. The van der Waals surface area contributed by atoms with Crippen LogP contribution in [0, 0.1) is 23.7 Å². The molecule has 0 aromatic heterocycles.